The first-order valence-electron chi connectivity index (χ1n) is 7.31. The molecule has 20 heavy (non-hydrogen) atoms. The van der Waals surface area contributed by atoms with Crippen LogP contribution in [-0.2, 0) is 11.3 Å². The SMILES string of the molecule is O=C(OCc1ccccc1)N1CC(O)CC2(CCC2)C1. The van der Waals surface area contributed by atoms with E-state index in [1.807, 2.05) is 30.3 Å². The standard InChI is InChI=1S/C16H21NO3/c18-14-9-16(7-4-8-16)12-17(10-14)15(19)20-11-13-5-2-1-3-6-13/h1-3,5-6,14,18H,4,7-12H2. The normalized spacial score (nSPS) is 24.2. The molecule has 3 rings (SSSR count). The number of benzene rings is 1. The Balaban J connectivity index is 1.56. The third-order valence-electron chi connectivity index (χ3n) is 4.50. The minimum absolute atomic E-state index is 0.156. The van der Waals surface area contributed by atoms with Crippen molar-refractivity contribution in [3.63, 3.8) is 0 Å². The quantitative estimate of drug-likeness (QED) is 0.902. The van der Waals surface area contributed by atoms with Crippen molar-refractivity contribution < 1.29 is 14.6 Å². The number of nitrogens with zero attached hydrogens (tertiary/aromatic N) is 1. The average molecular weight is 275 g/mol. The van der Waals surface area contributed by atoms with Gasteiger partial charge in [-0.2, -0.15) is 0 Å². The number of hydrogen-bond donors (Lipinski definition) is 1. The van der Waals surface area contributed by atoms with E-state index in [1.165, 1.54) is 6.42 Å². The highest BCUT2D eigenvalue weighted by atomic mass is 16.6. The molecule has 1 aromatic carbocycles. The molecule has 1 saturated carbocycles. The van der Waals surface area contributed by atoms with E-state index < -0.39 is 6.10 Å². The van der Waals surface area contributed by atoms with Crippen LogP contribution in [0.1, 0.15) is 31.2 Å². The molecule has 4 heteroatoms. The van der Waals surface area contributed by atoms with E-state index >= 15 is 0 Å². The molecule has 4 nitrogen and oxygen atoms in total. The first-order chi connectivity index (χ1) is 9.67. The van der Waals surface area contributed by atoms with Crippen molar-refractivity contribution in [3.8, 4) is 0 Å². The zero-order valence-electron chi connectivity index (χ0n) is 11.6. The topological polar surface area (TPSA) is 49.8 Å². The van der Waals surface area contributed by atoms with Gasteiger partial charge < -0.3 is 14.7 Å². The number of aliphatic hydroxyl groups is 1. The molecule has 1 unspecified atom stereocenters. The number of carbonyl (C=O) groups excluding carboxylic acids is 1. The number of piperidine rings is 1. The summed E-state index contributed by atoms with van der Waals surface area (Å²) in [6.07, 6.45) is 3.56. The summed E-state index contributed by atoms with van der Waals surface area (Å²) in [5.41, 5.74) is 1.14. The van der Waals surface area contributed by atoms with E-state index in [0.717, 1.165) is 31.4 Å². The van der Waals surface area contributed by atoms with Crippen LogP contribution < -0.4 is 0 Å². The minimum Gasteiger partial charge on any atom is -0.445 e. The van der Waals surface area contributed by atoms with Gasteiger partial charge in [0, 0.05) is 13.1 Å². The Hall–Kier alpha value is -1.55. The van der Waals surface area contributed by atoms with Crippen LogP contribution in [0.4, 0.5) is 4.79 Å². The Morgan fingerprint density at radius 2 is 2.10 bits per heavy atom. The molecular formula is C16H21NO3. The van der Waals surface area contributed by atoms with Crippen LogP contribution in [0.25, 0.3) is 0 Å². The molecular weight excluding hydrogens is 254 g/mol. The molecule has 0 aromatic heterocycles. The van der Waals surface area contributed by atoms with Gasteiger partial charge in [-0.15, -0.1) is 0 Å². The second-order valence-electron chi connectivity index (χ2n) is 6.13. The number of β-amino-alcohol motifs (C(OH)–C–C–N with tert-alkyl or cyclic N) is 1. The third kappa shape index (κ3) is 2.80. The number of amides is 1. The highest BCUT2D eigenvalue weighted by Gasteiger charge is 2.45. The lowest BCUT2D eigenvalue weighted by Gasteiger charge is -2.49. The lowest BCUT2D eigenvalue weighted by Crippen LogP contribution is -2.54. The van der Waals surface area contributed by atoms with Crippen LogP contribution in [0.5, 0.6) is 0 Å². The molecule has 2 fully saturated rings. The van der Waals surface area contributed by atoms with Crippen LogP contribution in [0.3, 0.4) is 0 Å². The predicted octanol–water partition coefficient (Wildman–Crippen LogP) is 2.56. The first kappa shape index (κ1) is 13.4. The fraction of sp³-hybridized carbons (Fsp3) is 0.562. The van der Waals surface area contributed by atoms with Crippen LogP contribution >= 0.6 is 0 Å². The van der Waals surface area contributed by atoms with E-state index in [9.17, 15) is 9.90 Å². The molecule has 1 aliphatic carbocycles. The highest BCUT2D eigenvalue weighted by Crippen LogP contribution is 2.47. The Labute approximate surface area is 119 Å². The number of ether oxygens (including phenoxy) is 1. The van der Waals surface area contributed by atoms with Crippen molar-refractivity contribution in [1.29, 1.82) is 0 Å². The van der Waals surface area contributed by atoms with Gasteiger partial charge in [0.1, 0.15) is 6.61 Å². The van der Waals surface area contributed by atoms with Gasteiger partial charge in [-0.3, -0.25) is 0 Å². The maximum atomic E-state index is 12.1. The summed E-state index contributed by atoms with van der Waals surface area (Å²) in [5, 5.41) is 9.96. The molecule has 108 valence electrons. The lowest BCUT2D eigenvalue weighted by molar-refractivity contribution is -0.0473. The maximum Gasteiger partial charge on any atom is 0.410 e. The summed E-state index contributed by atoms with van der Waals surface area (Å²) in [5.74, 6) is 0. The Morgan fingerprint density at radius 3 is 2.75 bits per heavy atom. The Bertz CT molecular complexity index is 470. The van der Waals surface area contributed by atoms with Gasteiger partial charge >= 0.3 is 6.09 Å². The van der Waals surface area contributed by atoms with Crippen molar-refractivity contribution in [2.24, 2.45) is 5.41 Å². The molecule has 1 amide bonds. The van der Waals surface area contributed by atoms with E-state index in [-0.39, 0.29) is 11.5 Å². The smallest absolute Gasteiger partial charge is 0.410 e. The summed E-state index contributed by atoms with van der Waals surface area (Å²) in [4.78, 5) is 13.8. The summed E-state index contributed by atoms with van der Waals surface area (Å²) in [6, 6.07) is 9.67. The average Bonchev–Trinajstić information content (AvgIpc) is 2.43. The number of carbonyl (C=O) groups is 1. The maximum absolute atomic E-state index is 12.1. The summed E-state index contributed by atoms with van der Waals surface area (Å²) >= 11 is 0. The fourth-order valence-corrected chi connectivity index (χ4v) is 3.34. The van der Waals surface area contributed by atoms with Crippen molar-refractivity contribution >= 4 is 6.09 Å². The molecule has 1 heterocycles. The molecule has 0 bridgehead atoms. The first-order valence-corrected chi connectivity index (χ1v) is 7.31. The molecule has 1 aliphatic heterocycles. The van der Waals surface area contributed by atoms with E-state index in [4.69, 9.17) is 4.74 Å². The number of likely N-dealkylation sites (tertiary alicyclic amines) is 1. The predicted molar refractivity (Wildman–Crippen MR) is 75.1 cm³/mol. The van der Waals surface area contributed by atoms with Crippen molar-refractivity contribution in [3.05, 3.63) is 35.9 Å². The van der Waals surface area contributed by atoms with Crippen LogP contribution in [0, 0.1) is 5.41 Å². The van der Waals surface area contributed by atoms with E-state index in [0.29, 0.717) is 13.2 Å². The summed E-state index contributed by atoms with van der Waals surface area (Å²) in [7, 11) is 0. The number of rotatable bonds is 2. The van der Waals surface area contributed by atoms with Gasteiger partial charge in [-0.05, 0) is 30.2 Å². The third-order valence-corrected chi connectivity index (χ3v) is 4.50. The lowest BCUT2D eigenvalue weighted by atomic mass is 9.64. The van der Waals surface area contributed by atoms with Crippen molar-refractivity contribution in [2.45, 2.75) is 38.4 Å². The molecule has 1 N–H and O–H groups in total. The van der Waals surface area contributed by atoms with Crippen molar-refractivity contribution in [2.75, 3.05) is 13.1 Å². The molecule has 0 radical (unpaired) electrons. The zero-order chi connectivity index (χ0) is 14.0. The Kier molecular flexibility index (Phi) is 3.66. The van der Waals surface area contributed by atoms with E-state index in [2.05, 4.69) is 0 Å². The molecule has 1 saturated heterocycles. The second-order valence-corrected chi connectivity index (χ2v) is 6.13. The Morgan fingerprint density at radius 1 is 1.35 bits per heavy atom. The largest absolute Gasteiger partial charge is 0.445 e. The number of hydrogen-bond acceptors (Lipinski definition) is 3. The van der Waals surface area contributed by atoms with Crippen molar-refractivity contribution in [1.82, 2.24) is 4.90 Å². The monoisotopic (exact) mass is 275 g/mol. The summed E-state index contributed by atoms with van der Waals surface area (Å²) < 4.78 is 5.35. The van der Waals surface area contributed by atoms with E-state index in [1.54, 1.807) is 4.90 Å². The fourth-order valence-electron chi connectivity index (χ4n) is 3.34. The van der Waals surface area contributed by atoms with Gasteiger partial charge in [0.2, 0.25) is 0 Å². The van der Waals surface area contributed by atoms with Gasteiger partial charge in [-0.1, -0.05) is 36.8 Å². The molecule has 1 aromatic rings. The van der Waals surface area contributed by atoms with Crippen LogP contribution in [-0.4, -0.2) is 35.3 Å². The summed E-state index contributed by atoms with van der Waals surface area (Å²) in [6.45, 7) is 1.42. The molecule has 1 atom stereocenters. The molecule has 2 aliphatic rings. The van der Waals surface area contributed by atoms with Gasteiger partial charge in [0.25, 0.3) is 0 Å². The van der Waals surface area contributed by atoms with Crippen LogP contribution in [0.2, 0.25) is 0 Å². The minimum atomic E-state index is -0.409. The van der Waals surface area contributed by atoms with Gasteiger partial charge in [0.15, 0.2) is 0 Å². The second kappa shape index (κ2) is 5.44. The highest BCUT2D eigenvalue weighted by molar-refractivity contribution is 5.68. The van der Waals surface area contributed by atoms with Crippen LogP contribution in [0.15, 0.2) is 30.3 Å². The van der Waals surface area contributed by atoms with Gasteiger partial charge in [0.05, 0.1) is 6.10 Å². The van der Waals surface area contributed by atoms with Gasteiger partial charge in [-0.25, -0.2) is 4.79 Å². The molecule has 1 spiro atoms. The number of aliphatic hydroxyl groups excluding tert-OH is 1. The zero-order valence-corrected chi connectivity index (χ0v) is 11.6.